The van der Waals surface area contributed by atoms with Crippen molar-refractivity contribution in [3.05, 3.63) is 268 Å². The minimum Gasteiger partial charge on any atom is -0.537 e. The van der Waals surface area contributed by atoms with Crippen molar-refractivity contribution in [3.8, 4) is 83.6 Å². The van der Waals surface area contributed by atoms with Crippen LogP contribution in [-0.2, 0) is 12.8 Å². The third-order valence-corrected chi connectivity index (χ3v) is 13.5. The molecule has 12 rings (SSSR count). The van der Waals surface area contributed by atoms with Gasteiger partial charge in [0.1, 0.15) is 5.75 Å². The van der Waals surface area contributed by atoms with Crippen LogP contribution in [0.2, 0.25) is 0 Å². The fraction of sp³-hybridized carbons (Fsp3) is 0.0476. The highest BCUT2D eigenvalue weighted by molar-refractivity contribution is 9.10. The van der Waals surface area contributed by atoms with Gasteiger partial charge in [-0.15, -0.1) is 0 Å². The van der Waals surface area contributed by atoms with Crippen molar-refractivity contribution in [3.63, 3.8) is 0 Å². The molecule has 0 aromatic heterocycles. The number of rotatable bonds is 7. The highest BCUT2D eigenvalue weighted by atomic mass is 79.9. The minimum atomic E-state index is 0. The Morgan fingerprint density at radius 1 is 0.309 bits per heavy atom. The summed E-state index contributed by atoms with van der Waals surface area (Å²) in [6.07, 6.45) is 2.05. The molecule has 5 heteroatoms. The van der Waals surface area contributed by atoms with E-state index in [-0.39, 0.29) is 7.43 Å². The number of benzene rings is 10. The standard InChI is InChI=1S/C37H26.C13H8Br2.C12H10BO2.CH4/c1-3-11-26(12-4-1)32-15-7-9-17-34(32)30-21-19-28-23-29-20-22-31(25-37(29)36(28)24-30)35-18-10-8-16-33(35)27-13-5-2-6-14-27;14-10-3-1-8-5-9-2-4-11(15)7-13(9)12(8)6-10;14-13-15-12-9-5-4-8-11(12)10-6-2-1-3-7-10;/h1-22,24-25H,23H2;1-4,6-7H,5H2;1-9,14H;1H4. The Kier molecular flexibility index (Phi) is 14.4. The Morgan fingerprint density at radius 3 is 1.01 bits per heavy atom. The van der Waals surface area contributed by atoms with Crippen molar-refractivity contribution >= 4 is 39.5 Å². The van der Waals surface area contributed by atoms with Gasteiger partial charge in [0.2, 0.25) is 0 Å². The molecular weight excluding hydrogens is 959 g/mol. The molecule has 2 aliphatic rings. The highest BCUT2D eigenvalue weighted by Crippen LogP contribution is 2.44. The lowest BCUT2D eigenvalue weighted by Crippen LogP contribution is -2.00. The van der Waals surface area contributed by atoms with Gasteiger partial charge in [-0.05, 0) is 150 Å². The van der Waals surface area contributed by atoms with E-state index in [4.69, 9.17) is 9.68 Å². The van der Waals surface area contributed by atoms with Crippen LogP contribution in [0.1, 0.15) is 29.7 Å². The molecule has 2 nitrogen and oxygen atoms in total. The predicted molar refractivity (Wildman–Crippen MR) is 294 cm³/mol. The Bertz CT molecular complexity index is 3150. The summed E-state index contributed by atoms with van der Waals surface area (Å²) in [7, 11) is 0.696. The molecule has 10 aromatic rings. The number of halogens is 2. The Labute approximate surface area is 418 Å². The summed E-state index contributed by atoms with van der Waals surface area (Å²) >= 11 is 7.05. The van der Waals surface area contributed by atoms with Crippen molar-refractivity contribution in [2.45, 2.75) is 20.3 Å². The summed E-state index contributed by atoms with van der Waals surface area (Å²) in [4.78, 5) is 0. The van der Waals surface area contributed by atoms with Crippen LogP contribution in [0.15, 0.2) is 246 Å². The van der Waals surface area contributed by atoms with Crippen LogP contribution in [0, 0.1) is 0 Å². The minimum absolute atomic E-state index is 0. The largest absolute Gasteiger partial charge is 0.569 e. The van der Waals surface area contributed by atoms with Gasteiger partial charge >= 0.3 is 7.69 Å². The smallest absolute Gasteiger partial charge is 0.537 e. The van der Waals surface area contributed by atoms with Crippen LogP contribution in [-0.4, -0.2) is 12.7 Å². The molecule has 329 valence electrons. The number of para-hydroxylation sites is 1. The van der Waals surface area contributed by atoms with Gasteiger partial charge in [-0.1, -0.05) is 233 Å². The molecule has 0 fully saturated rings. The van der Waals surface area contributed by atoms with Gasteiger partial charge in [0, 0.05) is 14.5 Å². The van der Waals surface area contributed by atoms with Crippen LogP contribution in [0.4, 0.5) is 0 Å². The summed E-state index contributed by atoms with van der Waals surface area (Å²) in [6.45, 7) is 0. The highest BCUT2D eigenvalue weighted by Gasteiger charge is 2.22. The molecule has 10 aromatic carbocycles. The van der Waals surface area contributed by atoms with E-state index in [1.54, 1.807) is 0 Å². The van der Waals surface area contributed by atoms with Crippen molar-refractivity contribution in [1.82, 2.24) is 0 Å². The van der Waals surface area contributed by atoms with Gasteiger partial charge in [0.15, 0.2) is 0 Å². The summed E-state index contributed by atoms with van der Waals surface area (Å²) < 4.78 is 7.32. The van der Waals surface area contributed by atoms with Gasteiger partial charge in [-0.3, -0.25) is 0 Å². The number of fused-ring (bicyclic) bond motifs is 6. The van der Waals surface area contributed by atoms with E-state index in [2.05, 4.69) is 214 Å². The van der Waals surface area contributed by atoms with E-state index >= 15 is 0 Å². The maximum Gasteiger partial charge on any atom is 0.569 e. The van der Waals surface area contributed by atoms with Crippen molar-refractivity contribution in [2.24, 2.45) is 0 Å². The van der Waals surface area contributed by atoms with Crippen LogP contribution in [0.5, 0.6) is 5.75 Å². The van der Waals surface area contributed by atoms with E-state index in [0.29, 0.717) is 13.4 Å². The van der Waals surface area contributed by atoms with Gasteiger partial charge in [0.05, 0.1) is 0 Å². The fourth-order valence-corrected chi connectivity index (χ4v) is 10.0. The van der Waals surface area contributed by atoms with E-state index < -0.39 is 0 Å². The lowest BCUT2D eigenvalue weighted by atomic mass is 9.91. The van der Waals surface area contributed by atoms with Crippen LogP contribution in [0.25, 0.3) is 77.9 Å². The van der Waals surface area contributed by atoms with Crippen LogP contribution >= 0.6 is 31.9 Å². The molecule has 68 heavy (non-hydrogen) atoms. The third kappa shape index (κ3) is 9.98. The molecule has 0 saturated heterocycles. The molecular formula is C63H48BBr2O2. The monoisotopic (exact) mass is 1010 g/mol. The van der Waals surface area contributed by atoms with Crippen molar-refractivity contribution < 1.29 is 9.68 Å². The average Bonchev–Trinajstić information content (AvgIpc) is 3.94. The van der Waals surface area contributed by atoms with Crippen molar-refractivity contribution in [1.29, 1.82) is 0 Å². The van der Waals surface area contributed by atoms with Gasteiger partial charge in [-0.2, -0.15) is 0 Å². The number of hydrogen-bond donors (Lipinski definition) is 1. The molecule has 0 spiro atoms. The zero-order valence-corrected chi connectivity index (χ0v) is 39.8. The average molecular weight is 1010 g/mol. The molecule has 0 atom stereocenters. The Balaban J connectivity index is 0.000000153. The molecule has 0 heterocycles. The molecule has 0 aliphatic heterocycles. The van der Waals surface area contributed by atoms with E-state index in [1.807, 2.05) is 54.6 Å². The van der Waals surface area contributed by atoms with Crippen LogP contribution < -0.4 is 4.65 Å². The summed E-state index contributed by atoms with van der Waals surface area (Å²) in [5.41, 5.74) is 23.2. The zero-order chi connectivity index (χ0) is 45.5. The Morgan fingerprint density at radius 2 is 0.618 bits per heavy atom. The van der Waals surface area contributed by atoms with E-state index in [0.717, 1.165) is 32.9 Å². The maximum atomic E-state index is 8.64. The molecule has 1 N–H and O–H groups in total. The van der Waals surface area contributed by atoms with Gasteiger partial charge < -0.3 is 9.68 Å². The van der Waals surface area contributed by atoms with E-state index in [1.165, 1.54) is 89.0 Å². The maximum absolute atomic E-state index is 8.64. The summed E-state index contributed by atoms with van der Waals surface area (Å²) in [5, 5.41) is 8.64. The molecule has 0 unspecified atom stereocenters. The SMILES string of the molecule is Brc1ccc2c(c1)-c1cc(Br)ccc1C2.C.O[B]Oc1ccccc1-c1ccccc1.c1ccc(-c2ccccc2-c2ccc3c(c2)-c2cc(-c4ccccc4-c4ccccc4)ccc2C3)cc1. The quantitative estimate of drug-likeness (QED) is 0.161. The van der Waals surface area contributed by atoms with Gasteiger partial charge in [0.25, 0.3) is 0 Å². The zero-order valence-electron chi connectivity index (χ0n) is 36.6. The first-order chi connectivity index (χ1) is 33.0. The van der Waals surface area contributed by atoms with Crippen molar-refractivity contribution in [2.75, 3.05) is 0 Å². The molecule has 1 radical (unpaired) electrons. The molecule has 2 aliphatic carbocycles. The third-order valence-electron chi connectivity index (χ3n) is 12.5. The first kappa shape index (κ1) is 46.1. The second kappa shape index (κ2) is 21.3. The topological polar surface area (TPSA) is 29.5 Å². The molecule has 0 amide bonds. The van der Waals surface area contributed by atoms with E-state index in [9.17, 15) is 0 Å². The Hall–Kier alpha value is -7.02. The first-order valence-corrected chi connectivity index (χ1v) is 24.0. The lowest BCUT2D eigenvalue weighted by Gasteiger charge is -2.13. The molecule has 0 bridgehead atoms. The molecule has 0 saturated carbocycles. The lowest BCUT2D eigenvalue weighted by molar-refractivity contribution is 0.455. The van der Waals surface area contributed by atoms with Crippen LogP contribution in [0.3, 0.4) is 0 Å². The first-order valence-electron chi connectivity index (χ1n) is 22.4. The fourth-order valence-electron chi connectivity index (χ4n) is 9.31. The predicted octanol–water partition coefficient (Wildman–Crippen LogP) is 17.6. The summed E-state index contributed by atoms with van der Waals surface area (Å²) in [5.74, 6) is 0.645. The number of hydrogen-bond acceptors (Lipinski definition) is 2. The second-order valence-corrected chi connectivity index (χ2v) is 18.4. The summed E-state index contributed by atoms with van der Waals surface area (Å²) in [6, 6.07) is 83.4. The normalized spacial score (nSPS) is 11.2. The van der Waals surface area contributed by atoms with Gasteiger partial charge in [-0.25, -0.2) is 0 Å². The second-order valence-electron chi connectivity index (χ2n) is 16.6.